The number of hydrogen-bond donors (Lipinski definition) is 1. The minimum Gasteiger partial charge on any atom is -0.486 e. The van der Waals surface area contributed by atoms with Crippen LogP contribution in [0.4, 0.5) is 0 Å². The van der Waals surface area contributed by atoms with Gasteiger partial charge in [0.05, 0.1) is 0 Å². The summed E-state index contributed by atoms with van der Waals surface area (Å²) in [6.07, 6.45) is 5.84. The van der Waals surface area contributed by atoms with Crippen molar-refractivity contribution in [2.24, 2.45) is 17.8 Å². The second kappa shape index (κ2) is 5.53. The Bertz CT molecular complexity index is 496. The highest BCUT2D eigenvalue weighted by Crippen LogP contribution is 2.49. The van der Waals surface area contributed by atoms with Crippen LogP contribution in [0.1, 0.15) is 44.2 Å². The Morgan fingerprint density at radius 1 is 1.05 bits per heavy atom. The lowest BCUT2D eigenvalue weighted by atomic mass is 9.97. The van der Waals surface area contributed by atoms with Crippen molar-refractivity contribution < 1.29 is 9.47 Å². The van der Waals surface area contributed by atoms with Crippen molar-refractivity contribution in [1.82, 2.24) is 5.32 Å². The van der Waals surface area contributed by atoms with Gasteiger partial charge < -0.3 is 14.8 Å². The Morgan fingerprint density at radius 2 is 1.71 bits per heavy atom. The van der Waals surface area contributed by atoms with Crippen LogP contribution in [0.2, 0.25) is 0 Å². The van der Waals surface area contributed by atoms with Gasteiger partial charge in [0, 0.05) is 6.04 Å². The van der Waals surface area contributed by atoms with Crippen LogP contribution in [0.15, 0.2) is 18.2 Å². The van der Waals surface area contributed by atoms with E-state index in [1.54, 1.807) is 0 Å². The fourth-order valence-corrected chi connectivity index (χ4v) is 3.53. The van der Waals surface area contributed by atoms with E-state index in [9.17, 15) is 0 Å². The van der Waals surface area contributed by atoms with Gasteiger partial charge in [0.1, 0.15) is 13.2 Å². The molecule has 1 aromatic carbocycles. The molecule has 3 heteroatoms. The number of benzene rings is 1. The third-order valence-corrected chi connectivity index (χ3v) is 5.18. The number of fused-ring (bicyclic) bond motifs is 1. The standard InChI is InChI=1S/C18H25NO2/c1-12(19-11-16(13-2-3-13)14-4-5-14)15-6-7-17-18(10-15)21-9-8-20-17/h6-7,10,12-14,16,19H,2-5,8-9,11H2,1H3. The monoisotopic (exact) mass is 287 g/mol. The minimum atomic E-state index is 0.376. The summed E-state index contributed by atoms with van der Waals surface area (Å²) in [5, 5.41) is 3.75. The number of nitrogens with one attached hydrogen (secondary N) is 1. The van der Waals surface area contributed by atoms with Crippen molar-refractivity contribution in [3.8, 4) is 11.5 Å². The average Bonchev–Trinajstić information content (AvgIpc) is 3.39. The number of rotatable bonds is 6. The molecule has 114 valence electrons. The maximum absolute atomic E-state index is 5.68. The topological polar surface area (TPSA) is 30.5 Å². The predicted octanol–water partition coefficient (Wildman–Crippen LogP) is 3.54. The third kappa shape index (κ3) is 3.03. The smallest absolute Gasteiger partial charge is 0.161 e. The molecule has 1 aromatic rings. The molecule has 0 saturated heterocycles. The first-order valence-electron chi connectivity index (χ1n) is 8.44. The summed E-state index contributed by atoms with van der Waals surface area (Å²) >= 11 is 0. The van der Waals surface area contributed by atoms with Gasteiger partial charge in [-0.15, -0.1) is 0 Å². The van der Waals surface area contributed by atoms with E-state index in [1.807, 2.05) is 6.07 Å². The van der Waals surface area contributed by atoms with Crippen LogP contribution in [-0.2, 0) is 0 Å². The third-order valence-electron chi connectivity index (χ3n) is 5.18. The van der Waals surface area contributed by atoms with Crippen LogP contribution >= 0.6 is 0 Å². The fraction of sp³-hybridized carbons (Fsp3) is 0.667. The van der Waals surface area contributed by atoms with E-state index < -0.39 is 0 Å². The second-order valence-corrected chi connectivity index (χ2v) is 6.87. The molecular weight excluding hydrogens is 262 g/mol. The van der Waals surface area contributed by atoms with E-state index in [4.69, 9.17) is 9.47 Å². The highest BCUT2D eigenvalue weighted by molar-refractivity contribution is 5.44. The first-order valence-corrected chi connectivity index (χ1v) is 8.44. The molecule has 2 aliphatic carbocycles. The lowest BCUT2D eigenvalue weighted by Gasteiger charge is -2.23. The van der Waals surface area contributed by atoms with E-state index in [-0.39, 0.29) is 0 Å². The van der Waals surface area contributed by atoms with Gasteiger partial charge in [-0.05, 0) is 74.6 Å². The highest BCUT2D eigenvalue weighted by Gasteiger charge is 2.41. The lowest BCUT2D eigenvalue weighted by molar-refractivity contribution is 0.171. The summed E-state index contributed by atoms with van der Waals surface area (Å²) in [4.78, 5) is 0. The first-order chi connectivity index (χ1) is 10.3. The van der Waals surface area contributed by atoms with E-state index in [0.29, 0.717) is 19.3 Å². The Kier molecular flexibility index (Phi) is 3.54. The molecule has 0 amide bonds. The molecule has 2 fully saturated rings. The summed E-state index contributed by atoms with van der Waals surface area (Å²) in [6.45, 7) is 4.74. The van der Waals surface area contributed by atoms with Crippen molar-refractivity contribution in [3.63, 3.8) is 0 Å². The Hall–Kier alpha value is -1.22. The molecule has 1 aliphatic heterocycles. The van der Waals surface area contributed by atoms with E-state index in [2.05, 4.69) is 24.4 Å². The Morgan fingerprint density at radius 3 is 2.38 bits per heavy atom. The minimum absolute atomic E-state index is 0.376. The molecule has 21 heavy (non-hydrogen) atoms. The molecule has 0 spiro atoms. The zero-order valence-corrected chi connectivity index (χ0v) is 12.8. The highest BCUT2D eigenvalue weighted by atomic mass is 16.6. The SMILES string of the molecule is CC(NCC(C1CC1)C1CC1)c1ccc2c(c1)OCCO2. The van der Waals surface area contributed by atoms with Crippen LogP contribution in [0.3, 0.4) is 0 Å². The molecule has 4 rings (SSSR count). The van der Waals surface area contributed by atoms with Gasteiger partial charge >= 0.3 is 0 Å². The molecule has 3 nitrogen and oxygen atoms in total. The Labute approximate surface area is 127 Å². The van der Waals surface area contributed by atoms with Crippen LogP contribution in [0.5, 0.6) is 11.5 Å². The summed E-state index contributed by atoms with van der Waals surface area (Å²) < 4.78 is 11.3. The number of hydrogen-bond acceptors (Lipinski definition) is 3. The van der Waals surface area contributed by atoms with Gasteiger partial charge in [-0.2, -0.15) is 0 Å². The first kappa shape index (κ1) is 13.4. The summed E-state index contributed by atoms with van der Waals surface area (Å²) in [7, 11) is 0. The molecule has 3 aliphatic rings. The maximum atomic E-state index is 5.68. The second-order valence-electron chi connectivity index (χ2n) is 6.87. The van der Waals surface area contributed by atoms with E-state index in [0.717, 1.165) is 29.3 Å². The van der Waals surface area contributed by atoms with Crippen molar-refractivity contribution in [1.29, 1.82) is 0 Å². The van der Waals surface area contributed by atoms with Crippen LogP contribution in [0, 0.1) is 17.8 Å². The predicted molar refractivity (Wildman–Crippen MR) is 82.8 cm³/mol. The lowest BCUT2D eigenvalue weighted by Crippen LogP contribution is -2.28. The number of ether oxygens (including phenoxy) is 2. The summed E-state index contributed by atoms with van der Waals surface area (Å²) in [5.74, 6) is 4.72. The molecule has 0 bridgehead atoms. The summed E-state index contributed by atoms with van der Waals surface area (Å²) in [6, 6.07) is 6.71. The molecule has 0 aromatic heterocycles. The van der Waals surface area contributed by atoms with Crippen LogP contribution in [0.25, 0.3) is 0 Å². The largest absolute Gasteiger partial charge is 0.486 e. The molecular formula is C18H25NO2. The summed E-state index contributed by atoms with van der Waals surface area (Å²) in [5.41, 5.74) is 1.30. The molecule has 2 saturated carbocycles. The Balaban J connectivity index is 1.38. The molecule has 1 heterocycles. The maximum Gasteiger partial charge on any atom is 0.161 e. The van der Waals surface area contributed by atoms with Crippen molar-refractivity contribution >= 4 is 0 Å². The molecule has 1 unspecified atom stereocenters. The van der Waals surface area contributed by atoms with E-state index in [1.165, 1.54) is 37.8 Å². The van der Waals surface area contributed by atoms with Gasteiger partial charge in [0.25, 0.3) is 0 Å². The van der Waals surface area contributed by atoms with Crippen molar-refractivity contribution in [2.75, 3.05) is 19.8 Å². The normalized spacial score (nSPS) is 22.4. The van der Waals surface area contributed by atoms with Gasteiger partial charge in [0.2, 0.25) is 0 Å². The van der Waals surface area contributed by atoms with Gasteiger partial charge in [0.15, 0.2) is 11.5 Å². The van der Waals surface area contributed by atoms with Gasteiger partial charge in [-0.25, -0.2) is 0 Å². The molecule has 1 atom stereocenters. The van der Waals surface area contributed by atoms with Gasteiger partial charge in [-0.1, -0.05) is 6.07 Å². The zero-order chi connectivity index (χ0) is 14.2. The van der Waals surface area contributed by atoms with Crippen LogP contribution in [-0.4, -0.2) is 19.8 Å². The van der Waals surface area contributed by atoms with Crippen molar-refractivity contribution in [2.45, 2.75) is 38.6 Å². The van der Waals surface area contributed by atoms with Crippen molar-refractivity contribution in [3.05, 3.63) is 23.8 Å². The van der Waals surface area contributed by atoms with Crippen LogP contribution < -0.4 is 14.8 Å². The molecule has 0 radical (unpaired) electrons. The zero-order valence-electron chi connectivity index (χ0n) is 12.8. The van der Waals surface area contributed by atoms with E-state index >= 15 is 0 Å². The fourth-order valence-electron chi connectivity index (χ4n) is 3.53. The average molecular weight is 287 g/mol. The molecule has 1 N–H and O–H groups in total. The van der Waals surface area contributed by atoms with Gasteiger partial charge in [-0.3, -0.25) is 0 Å². The quantitative estimate of drug-likeness (QED) is 0.868.